The Hall–Kier alpha value is -5.13. The van der Waals surface area contributed by atoms with Gasteiger partial charge in [0.05, 0.1) is 33.1 Å². The molecule has 2 aliphatic rings. The first-order valence-electron chi connectivity index (χ1n) is 17.3. The molecule has 1 aliphatic heterocycles. The van der Waals surface area contributed by atoms with Crippen LogP contribution in [0.15, 0.2) is 53.5 Å². The maximum Gasteiger partial charge on any atom is 0.245 e. The number of likely N-dealkylation sites (tertiary alicyclic amines) is 1. The average molecular weight is 683 g/mol. The lowest BCUT2D eigenvalue weighted by Gasteiger charge is -2.35. The molecule has 3 unspecified atom stereocenters. The minimum Gasteiger partial charge on any atom is -0.493 e. The number of hydrogen-bond donors (Lipinski definition) is 2. The van der Waals surface area contributed by atoms with Crippen LogP contribution in [0.4, 0.5) is 5.69 Å². The lowest BCUT2D eigenvalue weighted by atomic mass is 9.93. The van der Waals surface area contributed by atoms with Crippen LogP contribution in [-0.4, -0.2) is 71.8 Å². The highest BCUT2D eigenvalue weighted by molar-refractivity contribution is 5.86. The molecule has 1 saturated heterocycles. The lowest BCUT2D eigenvalue weighted by Crippen LogP contribution is -2.49. The fourth-order valence-corrected chi connectivity index (χ4v) is 7.37. The molecule has 3 heterocycles. The Morgan fingerprint density at radius 3 is 2.42 bits per heavy atom. The van der Waals surface area contributed by atoms with E-state index in [1.54, 1.807) is 33.5 Å². The van der Waals surface area contributed by atoms with Gasteiger partial charge in [-0.3, -0.25) is 18.8 Å². The number of methoxy groups -OCH3 is 3. The first-order chi connectivity index (χ1) is 24.2. The molecule has 1 fully saturated rings. The van der Waals surface area contributed by atoms with Crippen LogP contribution in [0.1, 0.15) is 75.4 Å². The number of pyridine rings is 1. The van der Waals surface area contributed by atoms with E-state index in [1.807, 2.05) is 59.7 Å². The van der Waals surface area contributed by atoms with Crippen LogP contribution in [0, 0.1) is 5.92 Å². The van der Waals surface area contributed by atoms with Gasteiger partial charge in [-0.1, -0.05) is 32.4 Å². The summed E-state index contributed by atoms with van der Waals surface area (Å²) in [5.41, 5.74) is 3.95. The fourth-order valence-electron chi connectivity index (χ4n) is 7.37. The van der Waals surface area contributed by atoms with E-state index in [0.29, 0.717) is 54.4 Å². The second-order valence-corrected chi connectivity index (χ2v) is 13.2. The summed E-state index contributed by atoms with van der Waals surface area (Å²) in [6.45, 7) is 6.71. The van der Waals surface area contributed by atoms with E-state index in [-0.39, 0.29) is 29.1 Å². The number of piperidine rings is 1. The molecule has 2 N–H and O–H groups in total. The fraction of sp³-hybridized carbons (Fsp3) is 0.447. The number of aryl methyl sites for hydroxylation is 1. The van der Waals surface area contributed by atoms with Crippen molar-refractivity contribution in [2.75, 3.05) is 39.7 Å². The Bertz CT molecular complexity index is 1950. The van der Waals surface area contributed by atoms with Crippen molar-refractivity contribution in [3.63, 3.8) is 0 Å². The number of amides is 2. The van der Waals surface area contributed by atoms with Crippen LogP contribution in [0.5, 0.6) is 17.2 Å². The first kappa shape index (κ1) is 34.7. The molecule has 4 aromatic rings. The highest BCUT2D eigenvalue weighted by Gasteiger charge is 2.34. The molecule has 1 aliphatic carbocycles. The van der Waals surface area contributed by atoms with E-state index in [1.165, 1.54) is 6.92 Å². The van der Waals surface area contributed by atoms with Gasteiger partial charge in [0.15, 0.2) is 17.1 Å². The normalized spacial score (nSPS) is 17.2. The summed E-state index contributed by atoms with van der Waals surface area (Å²) in [5, 5.41) is 15.2. The summed E-state index contributed by atoms with van der Waals surface area (Å²) < 4.78 is 19.3. The molecule has 3 atom stereocenters. The Balaban J connectivity index is 1.33. The standard InChI is InChI=1S/C38H46N6O6/c1-7-22(2)34(38(47)43-18-15-24(16-19-43)37-42-41-32-10-8-9-17-44(32)37)40-29-14-12-26-27(21-30(29)46)28(39-23(3)45)13-11-25-20-31(48-4)35(49-5)36(50-6)33(25)26/h8-10,12,14,17,20-22,24,28,34H,7,11,13,15-16,18-19H2,1-6H3,(H,39,45)(H,40,46). The van der Waals surface area contributed by atoms with E-state index in [9.17, 15) is 14.4 Å². The highest BCUT2D eigenvalue weighted by Crippen LogP contribution is 2.50. The van der Waals surface area contributed by atoms with E-state index < -0.39 is 12.1 Å². The van der Waals surface area contributed by atoms with Gasteiger partial charge in [0.1, 0.15) is 11.9 Å². The molecule has 0 bridgehead atoms. The summed E-state index contributed by atoms with van der Waals surface area (Å²) in [6, 6.07) is 11.9. The van der Waals surface area contributed by atoms with Crippen LogP contribution >= 0.6 is 0 Å². The number of hydrogen-bond acceptors (Lipinski definition) is 9. The third-order valence-corrected chi connectivity index (χ3v) is 10.2. The van der Waals surface area contributed by atoms with Crippen molar-refractivity contribution in [3.8, 4) is 28.4 Å². The van der Waals surface area contributed by atoms with Crippen molar-refractivity contribution in [1.29, 1.82) is 0 Å². The monoisotopic (exact) mass is 682 g/mol. The van der Waals surface area contributed by atoms with Crippen LogP contribution in [0.25, 0.3) is 16.8 Å². The van der Waals surface area contributed by atoms with E-state index in [4.69, 9.17) is 14.2 Å². The van der Waals surface area contributed by atoms with Crippen LogP contribution in [0.3, 0.4) is 0 Å². The smallest absolute Gasteiger partial charge is 0.245 e. The third kappa shape index (κ3) is 6.58. The van der Waals surface area contributed by atoms with E-state index >= 15 is 0 Å². The maximum atomic E-state index is 14.2. The minimum atomic E-state index is -0.613. The molecule has 0 spiro atoms. The molecular weight excluding hydrogens is 636 g/mol. The average Bonchev–Trinajstić information content (AvgIpc) is 3.43. The summed E-state index contributed by atoms with van der Waals surface area (Å²) in [6.07, 6.45) is 5.42. The third-order valence-electron chi connectivity index (χ3n) is 10.2. The second-order valence-electron chi connectivity index (χ2n) is 13.2. The van der Waals surface area contributed by atoms with Crippen molar-refractivity contribution in [3.05, 3.63) is 75.8 Å². The van der Waals surface area contributed by atoms with Crippen molar-refractivity contribution >= 4 is 23.1 Å². The second kappa shape index (κ2) is 14.8. The van der Waals surface area contributed by atoms with Gasteiger partial charge >= 0.3 is 0 Å². The Morgan fingerprint density at radius 1 is 0.980 bits per heavy atom. The van der Waals surface area contributed by atoms with Crippen LogP contribution in [0.2, 0.25) is 0 Å². The first-order valence-corrected chi connectivity index (χ1v) is 17.3. The summed E-state index contributed by atoms with van der Waals surface area (Å²) in [7, 11) is 4.70. The van der Waals surface area contributed by atoms with Crippen LogP contribution < -0.4 is 30.3 Å². The zero-order chi connectivity index (χ0) is 35.5. The molecule has 0 radical (unpaired) electrons. The largest absolute Gasteiger partial charge is 0.493 e. The maximum absolute atomic E-state index is 14.2. The van der Waals surface area contributed by atoms with Crippen molar-refractivity contribution < 1.29 is 23.8 Å². The summed E-state index contributed by atoms with van der Waals surface area (Å²) >= 11 is 0. The molecule has 264 valence electrons. The minimum absolute atomic E-state index is 0.0312. The quantitative estimate of drug-likeness (QED) is 0.233. The SMILES string of the molecule is CCC(C)C(Nc1ccc2c(cc1=O)C(NC(C)=O)CCc1cc(OC)c(OC)c(OC)c1-2)C(=O)N1CCC(c2nnc3ccccn23)CC1. The van der Waals surface area contributed by atoms with Gasteiger partial charge in [0.25, 0.3) is 0 Å². The van der Waals surface area contributed by atoms with Crippen LogP contribution in [-0.2, 0) is 16.0 Å². The molecule has 12 heteroatoms. The van der Waals surface area contributed by atoms with Gasteiger partial charge in [-0.25, -0.2) is 0 Å². The zero-order valence-electron chi connectivity index (χ0n) is 29.6. The molecule has 12 nitrogen and oxygen atoms in total. The number of anilines is 1. The summed E-state index contributed by atoms with van der Waals surface area (Å²) in [5.74, 6) is 2.29. The van der Waals surface area contributed by atoms with Gasteiger partial charge in [-0.2, -0.15) is 0 Å². The number of nitrogens with one attached hydrogen (secondary N) is 2. The zero-order valence-corrected chi connectivity index (χ0v) is 29.6. The number of fused-ring (bicyclic) bond motifs is 4. The number of benzene rings is 1. The van der Waals surface area contributed by atoms with Gasteiger partial charge in [-0.15, -0.1) is 10.2 Å². The number of nitrogens with zero attached hydrogens (tertiary/aromatic N) is 4. The highest BCUT2D eigenvalue weighted by atomic mass is 16.5. The Labute approximate surface area is 292 Å². The predicted octanol–water partition coefficient (Wildman–Crippen LogP) is 5.14. The molecule has 6 rings (SSSR count). The molecule has 50 heavy (non-hydrogen) atoms. The van der Waals surface area contributed by atoms with Gasteiger partial charge in [0.2, 0.25) is 23.0 Å². The van der Waals surface area contributed by atoms with Crippen molar-refractivity contribution in [1.82, 2.24) is 24.8 Å². The van der Waals surface area contributed by atoms with Gasteiger partial charge in [-0.05, 0) is 78.6 Å². The van der Waals surface area contributed by atoms with Crippen molar-refractivity contribution in [2.45, 2.75) is 70.9 Å². The molecular formula is C38H46N6O6. The number of aromatic nitrogens is 3. The van der Waals surface area contributed by atoms with E-state index in [0.717, 1.165) is 47.4 Å². The number of carbonyl (C=O) groups is 2. The Kier molecular flexibility index (Phi) is 10.3. The lowest BCUT2D eigenvalue weighted by molar-refractivity contribution is -0.134. The number of ether oxygens (including phenoxy) is 3. The van der Waals surface area contributed by atoms with Gasteiger partial charge in [0, 0.05) is 37.7 Å². The molecule has 2 aromatic carbocycles. The Morgan fingerprint density at radius 2 is 1.74 bits per heavy atom. The topological polar surface area (TPSA) is 136 Å². The van der Waals surface area contributed by atoms with Crippen molar-refractivity contribution in [2.24, 2.45) is 5.92 Å². The molecule has 2 amide bonds. The predicted molar refractivity (Wildman–Crippen MR) is 191 cm³/mol. The number of rotatable bonds is 10. The molecule has 2 aromatic heterocycles. The van der Waals surface area contributed by atoms with E-state index in [2.05, 4.69) is 20.8 Å². The van der Waals surface area contributed by atoms with Gasteiger partial charge < -0.3 is 29.7 Å². The number of carbonyl (C=O) groups excluding carboxylic acids is 2. The molecule has 0 saturated carbocycles. The summed E-state index contributed by atoms with van der Waals surface area (Å²) in [4.78, 5) is 42.5.